The van der Waals surface area contributed by atoms with Gasteiger partial charge in [0.15, 0.2) is 0 Å². The highest BCUT2D eigenvalue weighted by Crippen LogP contribution is 2.69. The zero-order valence-corrected chi connectivity index (χ0v) is 28.9. The summed E-state index contributed by atoms with van der Waals surface area (Å²) in [7, 11) is 0. The fourth-order valence-electron chi connectivity index (χ4n) is 11.0. The number of aromatic amines is 1. The molecule has 7 heteroatoms. The number of aliphatic hydroxyl groups is 1. The third-order valence-corrected chi connectivity index (χ3v) is 13.7. The third kappa shape index (κ3) is 6.28. The first-order valence-electron chi connectivity index (χ1n) is 18.2. The van der Waals surface area contributed by atoms with Gasteiger partial charge in [-0.1, -0.05) is 67.7 Å². The number of H-pyrrole nitrogens is 1. The number of imidazole rings is 1. The molecule has 4 aliphatic carbocycles. The number of nitrogens with two attached hydrogens (primary N) is 1. The quantitative estimate of drug-likeness (QED) is 0.197. The van der Waals surface area contributed by atoms with Crippen molar-refractivity contribution >= 4 is 5.97 Å². The van der Waals surface area contributed by atoms with Crippen LogP contribution in [0, 0.1) is 52.3 Å². The van der Waals surface area contributed by atoms with Gasteiger partial charge in [0.2, 0.25) is 0 Å². The van der Waals surface area contributed by atoms with Gasteiger partial charge in [-0.2, -0.15) is 0 Å². The van der Waals surface area contributed by atoms with Crippen LogP contribution in [0.3, 0.4) is 0 Å². The van der Waals surface area contributed by atoms with E-state index in [1.807, 2.05) is 20.0 Å². The zero-order valence-electron chi connectivity index (χ0n) is 28.9. The minimum absolute atomic E-state index is 0.0245. The Hall–Kier alpha value is -1.44. The molecule has 0 aliphatic heterocycles. The summed E-state index contributed by atoms with van der Waals surface area (Å²) in [6.07, 6.45) is 16.6. The van der Waals surface area contributed by atoms with E-state index in [0.29, 0.717) is 23.7 Å². The number of hydrogen-bond donors (Lipinski definition) is 4. The molecular weight excluding hydrogens is 548 g/mol. The average Bonchev–Trinajstić information content (AvgIpc) is 3.61. The number of carbonyl (C=O) groups is 1. The number of rotatable bonds is 12. The van der Waals surface area contributed by atoms with Gasteiger partial charge >= 0.3 is 5.97 Å². The maximum Gasteiger partial charge on any atom is 0.323 e. The summed E-state index contributed by atoms with van der Waals surface area (Å²) in [6.45, 7) is 17.0. The highest BCUT2D eigenvalue weighted by atomic mass is 16.5. The first kappa shape index (κ1) is 33.9. The normalized spacial score (nSPS) is 39.9. The number of esters is 1. The first-order valence-corrected chi connectivity index (χ1v) is 18.2. The summed E-state index contributed by atoms with van der Waals surface area (Å²) >= 11 is 0. The highest BCUT2D eigenvalue weighted by molar-refractivity contribution is 5.76. The summed E-state index contributed by atoms with van der Waals surface area (Å²) in [5, 5.41) is 16.8. The molecule has 250 valence electrons. The van der Waals surface area contributed by atoms with Crippen molar-refractivity contribution in [1.29, 1.82) is 0 Å². The molecule has 4 fully saturated rings. The van der Waals surface area contributed by atoms with Crippen LogP contribution in [0.25, 0.3) is 0 Å². The topological polar surface area (TPSA) is 113 Å². The minimum Gasteiger partial charge on any atom is -0.461 e. The van der Waals surface area contributed by atoms with Gasteiger partial charge in [0.25, 0.3) is 0 Å². The van der Waals surface area contributed by atoms with Crippen LogP contribution in [0.4, 0.5) is 0 Å². The molecule has 1 heterocycles. The Bertz CT molecular complexity index is 1090. The summed E-state index contributed by atoms with van der Waals surface area (Å²) < 4.78 is 6.03. The molecule has 5 rings (SSSR count). The first-order chi connectivity index (χ1) is 20.8. The van der Waals surface area contributed by atoms with E-state index in [4.69, 9.17) is 10.5 Å². The van der Waals surface area contributed by atoms with E-state index in [1.165, 1.54) is 44.9 Å². The predicted octanol–water partition coefficient (Wildman–Crippen LogP) is 6.65. The van der Waals surface area contributed by atoms with E-state index in [2.05, 4.69) is 49.9 Å². The Morgan fingerprint density at radius 1 is 1.11 bits per heavy atom. The van der Waals surface area contributed by atoms with Gasteiger partial charge in [-0.3, -0.25) is 4.79 Å². The van der Waals surface area contributed by atoms with Crippen LogP contribution in [-0.4, -0.2) is 51.4 Å². The molecule has 0 unspecified atom stereocenters. The molecule has 0 bridgehead atoms. The number of hydrogen-bond acceptors (Lipinski definition) is 6. The summed E-state index contributed by atoms with van der Waals surface area (Å²) in [4.78, 5) is 20.3. The monoisotopic (exact) mass is 612 g/mol. The summed E-state index contributed by atoms with van der Waals surface area (Å²) in [5.41, 5.74) is 6.51. The lowest BCUT2D eigenvalue weighted by Crippen LogP contribution is -2.71. The number of fused-ring (bicyclic) bond motifs is 5. The molecule has 0 amide bonds. The maximum atomic E-state index is 12.9. The Morgan fingerprint density at radius 2 is 1.89 bits per heavy atom. The largest absolute Gasteiger partial charge is 0.461 e. The van der Waals surface area contributed by atoms with E-state index >= 15 is 0 Å². The molecule has 0 spiro atoms. The summed E-state index contributed by atoms with van der Waals surface area (Å²) in [5.74, 6) is 3.90. The van der Waals surface area contributed by atoms with Crippen LogP contribution in [0.5, 0.6) is 0 Å². The number of nitrogens with one attached hydrogen (secondary N) is 2. The molecular formula is C37H64N4O3. The van der Waals surface area contributed by atoms with Gasteiger partial charge in [0.05, 0.1) is 11.9 Å². The van der Waals surface area contributed by atoms with E-state index in [-0.39, 0.29) is 29.4 Å². The third-order valence-electron chi connectivity index (χ3n) is 13.7. The molecule has 11 atom stereocenters. The van der Waals surface area contributed by atoms with Gasteiger partial charge in [-0.05, 0) is 91.8 Å². The lowest BCUT2D eigenvalue weighted by Gasteiger charge is -2.66. The molecule has 44 heavy (non-hydrogen) atoms. The highest BCUT2D eigenvalue weighted by Gasteiger charge is 2.67. The van der Waals surface area contributed by atoms with E-state index in [0.717, 1.165) is 61.6 Å². The zero-order chi connectivity index (χ0) is 31.9. The SMILES string of the molecule is CC(C)CCC[C@@H](C)[C@H]1CC[C@H]2[C@@H]3C[C@@H](NCCc4cnc[nH]4)[C@@]4(O)C[C@@H](OC(=O)[C@@H](N)C(C)C)CC[C@]4(C)[C@H]3CC[C@]12C. The van der Waals surface area contributed by atoms with Crippen molar-refractivity contribution in [1.82, 2.24) is 15.3 Å². The van der Waals surface area contributed by atoms with E-state index in [1.54, 1.807) is 6.33 Å². The molecule has 1 aromatic rings. The molecule has 4 saturated carbocycles. The number of ether oxygens (including phenoxy) is 1. The van der Waals surface area contributed by atoms with Gasteiger partial charge in [0, 0.05) is 42.7 Å². The average molecular weight is 613 g/mol. The van der Waals surface area contributed by atoms with Crippen molar-refractivity contribution in [3.05, 3.63) is 18.2 Å². The molecule has 7 nitrogen and oxygen atoms in total. The Balaban J connectivity index is 1.37. The van der Waals surface area contributed by atoms with Crippen molar-refractivity contribution in [3.63, 3.8) is 0 Å². The van der Waals surface area contributed by atoms with Crippen molar-refractivity contribution in [3.8, 4) is 0 Å². The molecule has 0 radical (unpaired) electrons. The Kier molecular flexibility index (Phi) is 10.3. The smallest absolute Gasteiger partial charge is 0.323 e. The fraction of sp³-hybridized carbons (Fsp3) is 0.892. The minimum atomic E-state index is -0.941. The second kappa shape index (κ2) is 13.4. The second-order valence-electron chi connectivity index (χ2n) is 16.9. The van der Waals surface area contributed by atoms with Crippen molar-refractivity contribution in [2.24, 2.45) is 58.0 Å². The van der Waals surface area contributed by atoms with Crippen LogP contribution in [0.1, 0.15) is 125 Å². The lowest BCUT2D eigenvalue weighted by molar-refractivity contribution is -0.237. The van der Waals surface area contributed by atoms with Crippen molar-refractivity contribution in [2.75, 3.05) is 6.54 Å². The van der Waals surface area contributed by atoms with Crippen LogP contribution < -0.4 is 11.1 Å². The van der Waals surface area contributed by atoms with Crippen molar-refractivity contribution < 1.29 is 14.6 Å². The lowest BCUT2D eigenvalue weighted by atomic mass is 9.42. The number of aromatic nitrogens is 2. The number of nitrogens with zero attached hydrogens (tertiary/aromatic N) is 1. The molecule has 5 N–H and O–H groups in total. The maximum absolute atomic E-state index is 12.9. The van der Waals surface area contributed by atoms with Crippen LogP contribution in [0.2, 0.25) is 0 Å². The fourth-order valence-corrected chi connectivity index (χ4v) is 11.0. The van der Waals surface area contributed by atoms with Crippen LogP contribution in [-0.2, 0) is 16.0 Å². The van der Waals surface area contributed by atoms with Crippen LogP contribution >= 0.6 is 0 Å². The molecule has 0 saturated heterocycles. The van der Waals surface area contributed by atoms with E-state index in [9.17, 15) is 9.90 Å². The van der Waals surface area contributed by atoms with Gasteiger partial charge in [-0.15, -0.1) is 0 Å². The molecule has 0 aromatic carbocycles. The Morgan fingerprint density at radius 3 is 2.57 bits per heavy atom. The Labute approximate surface area is 267 Å². The van der Waals surface area contributed by atoms with Crippen molar-refractivity contribution in [2.45, 2.75) is 149 Å². The standard InChI is InChI=1S/C37H64N4O3/c1-23(2)9-8-10-25(5)29-11-12-30-28-19-32(40-18-15-26-21-39-22-41-26)37(43)20-27(44-34(42)33(38)24(3)4)13-17-36(37,7)31(28)14-16-35(29,30)6/h21-25,27-33,40,43H,8-20,38H2,1-7H3,(H,39,41)/t25-,27+,28+,29-,30+,31+,32-,33+,35-,36-,37+/m1/s1. The second-order valence-corrected chi connectivity index (χ2v) is 16.9. The van der Waals surface area contributed by atoms with Gasteiger partial charge in [-0.25, -0.2) is 4.98 Å². The summed E-state index contributed by atoms with van der Waals surface area (Å²) in [6, 6.07) is -0.669. The van der Waals surface area contributed by atoms with Gasteiger partial charge < -0.3 is 25.9 Å². The van der Waals surface area contributed by atoms with Gasteiger partial charge in [0.1, 0.15) is 12.1 Å². The molecule has 1 aromatic heterocycles. The van der Waals surface area contributed by atoms with Crippen LogP contribution in [0.15, 0.2) is 12.5 Å². The predicted molar refractivity (Wildman–Crippen MR) is 177 cm³/mol. The van der Waals surface area contributed by atoms with E-state index < -0.39 is 11.6 Å². The molecule has 4 aliphatic rings. The number of carbonyl (C=O) groups excluding carboxylic acids is 1.